The highest BCUT2D eigenvalue weighted by atomic mass is 16.6. The van der Waals surface area contributed by atoms with Crippen LogP contribution in [0.15, 0.2) is 64.8 Å². The molecule has 0 bridgehead atoms. The first-order chi connectivity index (χ1) is 19.6. The molecule has 0 amide bonds. The highest BCUT2D eigenvalue weighted by molar-refractivity contribution is 6.07. The van der Waals surface area contributed by atoms with Crippen molar-refractivity contribution in [2.45, 2.75) is 45.6 Å². The van der Waals surface area contributed by atoms with Crippen molar-refractivity contribution in [2.24, 2.45) is 10.9 Å². The molecule has 0 aliphatic carbocycles. The van der Waals surface area contributed by atoms with Crippen LogP contribution in [0.25, 0.3) is 0 Å². The van der Waals surface area contributed by atoms with Crippen molar-refractivity contribution in [1.82, 2.24) is 5.32 Å². The summed E-state index contributed by atoms with van der Waals surface area (Å²) in [6, 6.07) is 13.5. The van der Waals surface area contributed by atoms with E-state index in [0.29, 0.717) is 48.7 Å². The summed E-state index contributed by atoms with van der Waals surface area (Å²) in [6.45, 7) is 6.56. The van der Waals surface area contributed by atoms with Gasteiger partial charge in [0.15, 0.2) is 0 Å². The monoisotopic (exact) mass is 567 g/mol. The Bertz CT molecular complexity index is 1290. The maximum absolute atomic E-state index is 13.3. The Balaban J connectivity index is 1.54. The SMILES string of the molecule is COC(=O)C1C(C)=NC(C)=C(C(=O)OCCCCNCC(O)COc2ccc(C)cc2)C1c1cccc([N+](=O)[O-])c1. The lowest BCUT2D eigenvalue weighted by Gasteiger charge is -2.31. The second-order valence-corrected chi connectivity index (χ2v) is 9.91. The quantitative estimate of drug-likeness (QED) is 0.150. The van der Waals surface area contributed by atoms with Crippen LogP contribution in [-0.2, 0) is 19.1 Å². The fourth-order valence-electron chi connectivity index (χ4n) is 4.68. The second kappa shape index (κ2) is 15.1. The van der Waals surface area contributed by atoms with Crippen LogP contribution in [0.1, 0.15) is 43.7 Å². The number of nitrogens with zero attached hydrogens (tertiary/aromatic N) is 2. The number of methoxy groups -OCH3 is 1. The summed E-state index contributed by atoms with van der Waals surface area (Å²) >= 11 is 0. The van der Waals surface area contributed by atoms with Crippen LogP contribution in [0.4, 0.5) is 5.69 Å². The molecule has 2 aromatic carbocycles. The highest BCUT2D eigenvalue weighted by Gasteiger charge is 2.42. The van der Waals surface area contributed by atoms with Gasteiger partial charge in [-0.2, -0.15) is 0 Å². The van der Waals surface area contributed by atoms with Gasteiger partial charge in [-0.05, 0) is 57.9 Å². The van der Waals surface area contributed by atoms with Crippen molar-refractivity contribution < 1.29 is 33.8 Å². The van der Waals surface area contributed by atoms with Gasteiger partial charge in [0.2, 0.25) is 0 Å². The Morgan fingerprint density at radius 3 is 2.54 bits per heavy atom. The molecule has 41 heavy (non-hydrogen) atoms. The van der Waals surface area contributed by atoms with Gasteiger partial charge < -0.3 is 24.6 Å². The molecule has 11 nitrogen and oxygen atoms in total. The van der Waals surface area contributed by atoms with Crippen LogP contribution in [0.2, 0.25) is 0 Å². The largest absolute Gasteiger partial charge is 0.491 e. The van der Waals surface area contributed by atoms with Crippen LogP contribution >= 0.6 is 0 Å². The normalized spacial score (nSPS) is 17.4. The smallest absolute Gasteiger partial charge is 0.336 e. The Labute approximate surface area is 239 Å². The number of benzene rings is 2. The number of hydrogen-bond donors (Lipinski definition) is 2. The molecule has 3 unspecified atom stereocenters. The van der Waals surface area contributed by atoms with Crippen molar-refractivity contribution >= 4 is 23.3 Å². The topological polar surface area (TPSA) is 150 Å². The zero-order valence-corrected chi connectivity index (χ0v) is 23.8. The molecule has 0 saturated heterocycles. The number of aliphatic hydroxyl groups is 1. The predicted octanol–water partition coefficient (Wildman–Crippen LogP) is 3.88. The molecule has 0 saturated carbocycles. The molecule has 0 radical (unpaired) electrons. The number of esters is 2. The number of nitro benzene ring substituents is 1. The van der Waals surface area contributed by atoms with Gasteiger partial charge in [0, 0.05) is 36.0 Å². The van der Waals surface area contributed by atoms with Crippen LogP contribution in [0, 0.1) is 23.0 Å². The summed E-state index contributed by atoms with van der Waals surface area (Å²) in [6.07, 6.45) is 0.575. The van der Waals surface area contributed by atoms with Gasteiger partial charge in [0.05, 0.1) is 24.2 Å². The molecule has 1 aliphatic heterocycles. The van der Waals surface area contributed by atoms with Gasteiger partial charge in [-0.25, -0.2) is 4.79 Å². The first kappa shape index (κ1) is 31.4. The molecule has 0 fully saturated rings. The second-order valence-electron chi connectivity index (χ2n) is 9.91. The number of hydrogen-bond acceptors (Lipinski definition) is 10. The molecule has 2 aromatic rings. The maximum Gasteiger partial charge on any atom is 0.336 e. The molecular weight excluding hydrogens is 530 g/mol. The van der Waals surface area contributed by atoms with Gasteiger partial charge in [0.1, 0.15) is 24.4 Å². The number of allylic oxidation sites excluding steroid dienone is 1. The first-order valence-electron chi connectivity index (χ1n) is 13.5. The number of aryl methyl sites for hydroxylation is 1. The number of non-ortho nitro benzene ring substituents is 1. The van der Waals surface area contributed by atoms with E-state index in [0.717, 1.165) is 5.56 Å². The van der Waals surface area contributed by atoms with Gasteiger partial charge in [-0.1, -0.05) is 29.8 Å². The number of aliphatic hydroxyl groups excluding tert-OH is 1. The third-order valence-corrected chi connectivity index (χ3v) is 6.77. The molecule has 220 valence electrons. The molecule has 0 aromatic heterocycles. The minimum absolute atomic E-state index is 0.129. The molecule has 1 aliphatic rings. The number of nitro groups is 1. The lowest BCUT2D eigenvalue weighted by atomic mass is 9.75. The van der Waals surface area contributed by atoms with E-state index in [4.69, 9.17) is 14.2 Å². The van der Waals surface area contributed by atoms with Crippen molar-refractivity contribution in [1.29, 1.82) is 0 Å². The standard InChI is InChI=1S/C30H37N3O8/c1-19-10-12-25(13-11-19)41-18-24(34)17-31-14-5-6-15-40-30(36)27-21(3)32-20(2)26(29(35)39-4)28(27)22-8-7-9-23(16-22)33(37)38/h7-13,16,24,26,28,31,34H,5-6,14-15,17-18H2,1-4H3. The zero-order valence-electron chi connectivity index (χ0n) is 23.8. The third-order valence-electron chi connectivity index (χ3n) is 6.77. The van der Waals surface area contributed by atoms with E-state index in [1.54, 1.807) is 19.9 Å². The van der Waals surface area contributed by atoms with Crippen LogP contribution in [0.3, 0.4) is 0 Å². The summed E-state index contributed by atoms with van der Waals surface area (Å²) in [5.41, 5.74) is 2.39. The van der Waals surface area contributed by atoms with Gasteiger partial charge in [-0.3, -0.25) is 19.9 Å². The number of ether oxygens (including phenoxy) is 3. The number of aliphatic imine (C=N–C) groups is 1. The Morgan fingerprint density at radius 1 is 1.12 bits per heavy atom. The van der Waals surface area contributed by atoms with Gasteiger partial charge in [0.25, 0.3) is 5.69 Å². The van der Waals surface area contributed by atoms with Crippen molar-refractivity contribution in [3.05, 3.63) is 81.0 Å². The molecule has 3 rings (SSSR count). The van der Waals surface area contributed by atoms with E-state index in [-0.39, 0.29) is 24.5 Å². The summed E-state index contributed by atoms with van der Waals surface area (Å²) in [7, 11) is 1.24. The minimum atomic E-state index is -0.932. The highest BCUT2D eigenvalue weighted by Crippen LogP contribution is 2.40. The van der Waals surface area contributed by atoms with Crippen molar-refractivity contribution in [3.8, 4) is 5.75 Å². The average Bonchev–Trinajstić information content (AvgIpc) is 2.95. The van der Waals surface area contributed by atoms with Crippen molar-refractivity contribution in [2.75, 3.05) is 33.4 Å². The number of rotatable bonds is 14. The summed E-state index contributed by atoms with van der Waals surface area (Å²) in [4.78, 5) is 41.3. The predicted molar refractivity (Wildman–Crippen MR) is 153 cm³/mol. The van der Waals surface area contributed by atoms with Gasteiger partial charge in [-0.15, -0.1) is 0 Å². The fourth-order valence-corrected chi connectivity index (χ4v) is 4.68. The molecule has 11 heteroatoms. The van der Waals surface area contributed by atoms with Crippen LogP contribution < -0.4 is 10.1 Å². The van der Waals surface area contributed by atoms with E-state index in [2.05, 4.69) is 10.3 Å². The van der Waals surface area contributed by atoms with E-state index >= 15 is 0 Å². The molecule has 2 N–H and O–H groups in total. The maximum atomic E-state index is 13.3. The number of carbonyl (C=O) groups is 2. The molecule has 1 heterocycles. The summed E-state index contributed by atoms with van der Waals surface area (Å²) in [5, 5.41) is 24.7. The lowest BCUT2D eigenvalue weighted by molar-refractivity contribution is -0.384. The van der Waals surface area contributed by atoms with Crippen LogP contribution in [-0.4, -0.2) is 67.2 Å². The third kappa shape index (κ3) is 8.70. The van der Waals surface area contributed by atoms with Crippen LogP contribution in [0.5, 0.6) is 5.75 Å². The zero-order chi connectivity index (χ0) is 29.9. The molecule has 0 spiro atoms. The molecule has 3 atom stereocenters. The average molecular weight is 568 g/mol. The Morgan fingerprint density at radius 2 is 1.85 bits per heavy atom. The first-order valence-corrected chi connectivity index (χ1v) is 13.5. The Kier molecular flexibility index (Phi) is 11.5. The fraction of sp³-hybridized carbons (Fsp3) is 0.433. The summed E-state index contributed by atoms with van der Waals surface area (Å²) in [5.74, 6) is -2.32. The number of unbranched alkanes of at least 4 members (excludes halogenated alkanes) is 1. The van der Waals surface area contributed by atoms with Crippen molar-refractivity contribution in [3.63, 3.8) is 0 Å². The van der Waals surface area contributed by atoms with E-state index in [1.165, 1.54) is 25.3 Å². The Hall–Kier alpha value is -4.09. The minimum Gasteiger partial charge on any atom is -0.491 e. The van der Waals surface area contributed by atoms with E-state index < -0.39 is 34.8 Å². The van der Waals surface area contributed by atoms with E-state index in [9.17, 15) is 24.8 Å². The summed E-state index contributed by atoms with van der Waals surface area (Å²) < 4.78 is 16.1. The number of nitrogens with one attached hydrogen (secondary N) is 1. The molecular formula is C30H37N3O8. The van der Waals surface area contributed by atoms with Gasteiger partial charge >= 0.3 is 11.9 Å². The lowest BCUT2D eigenvalue weighted by Crippen LogP contribution is -2.36. The van der Waals surface area contributed by atoms with E-state index in [1.807, 2.05) is 31.2 Å². The number of carbonyl (C=O) groups excluding carboxylic acids is 2.